The number of hydrogen-bond acceptors (Lipinski definition) is 6. The molecule has 20 aromatic rings. The number of aromatic nitrogens is 5. The number of rotatable bonds is 5. The van der Waals surface area contributed by atoms with Crippen LogP contribution in [0, 0.1) is 101 Å². The maximum Gasteiger partial charge on any atom is 0.229 e. The molecule has 0 unspecified atom stereocenters. The lowest BCUT2D eigenvalue weighted by Gasteiger charge is -2.06. The van der Waals surface area contributed by atoms with E-state index in [1.54, 1.807) is 30.3 Å². The molecule has 0 aliphatic heterocycles. The average molecular weight is 1590 g/mol. The predicted octanol–water partition coefficient (Wildman–Crippen LogP) is 24.7. The quantitative estimate of drug-likeness (QED) is 0.0960. The Labute approximate surface area is 684 Å². The molecule has 0 N–H and O–H groups in total. The minimum Gasteiger partial charge on any atom is -0.467 e. The van der Waals surface area contributed by atoms with Crippen molar-refractivity contribution in [3.8, 4) is 62.4 Å². The van der Waals surface area contributed by atoms with E-state index in [0.717, 1.165) is 89.5 Å². The first-order valence-corrected chi connectivity index (χ1v) is 37.9. The van der Waals surface area contributed by atoms with Crippen LogP contribution in [-0.2, 0) is 35.2 Å². The van der Waals surface area contributed by atoms with Crippen LogP contribution >= 0.6 is 0 Å². The highest BCUT2D eigenvalue weighted by atomic mass is 19.1. The fraction of sp³-hybridized carbons (Fsp3) is 0.100. The van der Waals surface area contributed by atoms with E-state index >= 15 is 0 Å². The van der Waals surface area contributed by atoms with Crippen LogP contribution < -0.4 is 22.8 Å². The number of aryl methyl sites for hydroxylation is 10. The first-order chi connectivity index (χ1) is 58.0. The Bertz CT molecular complexity index is 7840. The van der Waals surface area contributed by atoms with Gasteiger partial charge in [-0.1, -0.05) is 42.5 Å². The van der Waals surface area contributed by atoms with Gasteiger partial charge in [-0.2, -0.15) is 5.26 Å². The molecule has 20 heteroatoms. The van der Waals surface area contributed by atoms with E-state index in [-0.39, 0.29) is 28.8 Å². The van der Waals surface area contributed by atoms with E-state index in [0.29, 0.717) is 121 Å². The Morgan fingerprint density at radius 2 is 0.717 bits per heavy atom. The Kier molecular flexibility index (Phi) is 20.6. The van der Waals surface area contributed by atoms with Gasteiger partial charge in [-0.3, -0.25) is 0 Å². The van der Waals surface area contributed by atoms with Crippen LogP contribution in [0.4, 0.5) is 44.7 Å². The van der Waals surface area contributed by atoms with Crippen LogP contribution in [0.3, 0.4) is 0 Å². The molecule has 10 aromatic heterocycles. The lowest BCUT2D eigenvalue weighted by atomic mass is 9.96. The Morgan fingerprint density at radius 3 is 1.21 bits per heavy atom. The summed E-state index contributed by atoms with van der Waals surface area (Å²) < 4.78 is 112. The van der Waals surface area contributed by atoms with Crippen molar-refractivity contribution in [2.24, 2.45) is 35.2 Å². The van der Waals surface area contributed by atoms with E-state index in [4.69, 9.17) is 48.4 Å². The number of nitriles is 1. The van der Waals surface area contributed by atoms with Crippen molar-refractivity contribution in [3.63, 3.8) is 0 Å². The maximum absolute atomic E-state index is 14.7. The third-order valence-corrected chi connectivity index (χ3v) is 21.7. The summed E-state index contributed by atoms with van der Waals surface area (Å²) in [5.74, 6) is -2.06. The molecule has 0 aliphatic carbocycles. The maximum atomic E-state index is 14.7. The molecule has 20 rings (SSSR count). The Morgan fingerprint density at radius 1 is 0.300 bits per heavy atom. The summed E-state index contributed by atoms with van der Waals surface area (Å²) in [7, 11) is 9.82. The lowest BCUT2D eigenvalue weighted by molar-refractivity contribution is -0.660. The molecule has 0 fully saturated rings. The zero-order chi connectivity index (χ0) is 84.2. The smallest absolute Gasteiger partial charge is 0.229 e. The monoisotopic (exact) mass is 1590 g/mol. The van der Waals surface area contributed by atoms with Gasteiger partial charge in [-0.05, 0) is 172 Å². The van der Waals surface area contributed by atoms with Gasteiger partial charge in [-0.25, -0.2) is 64.2 Å². The molecule has 10 aromatic carbocycles. The molecule has 0 amide bonds. The van der Waals surface area contributed by atoms with Crippen LogP contribution in [0.2, 0.25) is 0 Å². The number of fused-ring (bicyclic) bond motifs is 15. The Hall–Kier alpha value is -16.0. The molecular weight excluding hydrogens is 1520 g/mol. The van der Waals surface area contributed by atoms with Crippen molar-refractivity contribution in [1.82, 2.24) is 0 Å². The number of hydrogen-bond donors (Lipinski definition) is 0. The van der Waals surface area contributed by atoms with E-state index in [1.165, 1.54) is 42.5 Å². The molecule has 0 saturated carbocycles. The zero-order valence-corrected chi connectivity index (χ0v) is 66.5. The number of benzene rings is 10. The minimum atomic E-state index is -0.520. The molecule has 0 saturated heterocycles. The van der Waals surface area contributed by atoms with Crippen LogP contribution in [0.25, 0.3) is 185 Å². The molecule has 0 atom stereocenters. The van der Waals surface area contributed by atoms with Crippen molar-refractivity contribution in [3.05, 3.63) is 351 Å². The van der Waals surface area contributed by atoms with Gasteiger partial charge in [0.1, 0.15) is 115 Å². The number of furan rings is 5. The molecule has 10 heterocycles. The second-order valence-electron chi connectivity index (χ2n) is 29.2. The van der Waals surface area contributed by atoms with Crippen LogP contribution in [-0.4, -0.2) is 0 Å². The van der Waals surface area contributed by atoms with Crippen LogP contribution in [0.1, 0.15) is 33.4 Å². The van der Waals surface area contributed by atoms with Crippen molar-refractivity contribution in [2.45, 2.75) is 34.6 Å². The van der Waals surface area contributed by atoms with Gasteiger partial charge in [0.25, 0.3) is 0 Å². The largest absolute Gasteiger partial charge is 0.467 e. The second-order valence-corrected chi connectivity index (χ2v) is 29.2. The first kappa shape index (κ1) is 78.0. The summed E-state index contributed by atoms with van der Waals surface area (Å²) in [6, 6.07) is 65.2. The summed E-state index contributed by atoms with van der Waals surface area (Å²) in [6.07, 6.45) is 9.82. The van der Waals surface area contributed by atoms with E-state index < -0.39 is 11.6 Å². The molecule has 0 bridgehead atoms. The third kappa shape index (κ3) is 13.6. The Balaban J connectivity index is 0.000000112. The normalized spacial score (nSPS) is 11.1. The summed E-state index contributed by atoms with van der Waals surface area (Å²) in [5, 5.41) is 14.8. The second kappa shape index (κ2) is 31.7. The van der Waals surface area contributed by atoms with E-state index in [1.807, 2.05) is 263 Å². The summed E-state index contributed by atoms with van der Waals surface area (Å²) in [5.41, 5.74) is 21.0. The van der Waals surface area contributed by atoms with Crippen molar-refractivity contribution < 1.29 is 66.9 Å². The van der Waals surface area contributed by atoms with Gasteiger partial charge in [-0.15, -0.1) is 0 Å². The third-order valence-electron chi connectivity index (χ3n) is 21.7. The van der Waals surface area contributed by atoms with Gasteiger partial charge < -0.3 is 22.1 Å². The summed E-state index contributed by atoms with van der Waals surface area (Å²) >= 11 is 0. The molecule has 120 heavy (non-hydrogen) atoms. The molecular formula is C100H70F5N10O5+5. The van der Waals surface area contributed by atoms with Gasteiger partial charge in [0.15, 0.2) is 42.3 Å². The van der Waals surface area contributed by atoms with Crippen LogP contribution in [0.15, 0.2) is 265 Å². The van der Waals surface area contributed by atoms with E-state index in [2.05, 4.69) is 25.4 Å². The van der Waals surface area contributed by atoms with E-state index in [9.17, 15) is 27.2 Å². The van der Waals surface area contributed by atoms with Crippen molar-refractivity contribution in [2.75, 3.05) is 0 Å². The fourth-order valence-corrected chi connectivity index (χ4v) is 15.9. The summed E-state index contributed by atoms with van der Waals surface area (Å²) in [4.78, 5) is 13.5. The van der Waals surface area contributed by atoms with Gasteiger partial charge in [0.05, 0.1) is 92.7 Å². The van der Waals surface area contributed by atoms with Gasteiger partial charge in [0, 0.05) is 87.6 Å². The van der Waals surface area contributed by atoms with Crippen molar-refractivity contribution in [1.29, 1.82) is 5.26 Å². The number of halogens is 5. The highest BCUT2D eigenvalue weighted by molar-refractivity contribution is 6.16. The fourth-order valence-electron chi connectivity index (χ4n) is 15.9. The SMILES string of the molecule is Cc1cc(C#N)c2c(oc3cccc(F)c32)c1-c1cccc[n+]1C.[C-]#[N+]c1cc(F)c2c(c1)oc1c(-c3cccc[n+]3C)c(C)ccc12.[C-]#[N+]c1ccc(F)c2c1oc1c(-c3cccc[n+]3C)c(C)ccc12.[C-]#[N+]c1ccc(F)c2c1oc1cc(-c3cccc[n+]3C)c(C)cc12.[C-]#[N+]c1ccc2oc3c(-c4cccc[n+]4C)c(C)ccc3c2c1F. The number of pyridine rings is 5. The minimum absolute atomic E-state index is 0.0117. The molecule has 0 spiro atoms. The van der Waals surface area contributed by atoms with Gasteiger partial charge in [0.2, 0.25) is 45.5 Å². The molecule has 15 nitrogen and oxygen atoms in total. The topological polar surface area (TPSA) is 126 Å². The molecule has 0 aliphatic rings. The standard InChI is InChI=1S/5C20H14FN2O/c1-12-7-8-13-18-14(21)9-10-15(22-2)20(18)24-19(13)17(12)16-6-4-5-11-23(16)3;1-12-7-8-13-18-16(10-9-14(22-2)19(18)21)24-20(13)17(12)15-6-4-5-11-23(15)3;1-12-10-14-18(11-13(12)17-6-4-5-9-23(17)3)24-20-16(22-2)8-7-15(21)19(14)20;1-12-7-8-14-19-15(21)10-13(22-2)11-17(19)24-20(14)18(12)16-6-4-5-9-23(16)3;1-12-10-13(11-22)18-19-14(21)6-5-8-16(19)24-20(18)17(12)15-7-3-4-9-23(15)2/h4*4-11H,1,3H3;3-10H,1-2H3/q5*+1. The number of nitrogens with zero attached hydrogens (tertiary/aromatic N) is 10. The first-order valence-electron chi connectivity index (χ1n) is 37.9. The zero-order valence-electron chi connectivity index (χ0n) is 66.5. The van der Waals surface area contributed by atoms with Crippen molar-refractivity contribution >= 4 is 132 Å². The highest BCUT2D eigenvalue weighted by Gasteiger charge is 2.29. The van der Waals surface area contributed by atoms with Crippen LogP contribution in [0.5, 0.6) is 0 Å². The molecule has 580 valence electrons. The average Bonchev–Trinajstić information content (AvgIpc) is 1.44. The summed E-state index contributed by atoms with van der Waals surface area (Å²) in [6.45, 7) is 38.7. The predicted molar refractivity (Wildman–Crippen MR) is 455 cm³/mol. The molecule has 0 radical (unpaired) electrons. The highest BCUT2D eigenvalue weighted by Crippen LogP contribution is 2.46. The lowest BCUT2D eigenvalue weighted by Crippen LogP contribution is -2.30. The van der Waals surface area contributed by atoms with Gasteiger partial charge >= 0.3 is 0 Å².